The number of nitrogens with zero attached hydrogens (tertiary/aromatic N) is 6. The Hall–Kier alpha value is -3.54. The lowest BCUT2D eigenvalue weighted by molar-refractivity contribution is 0.567. The highest BCUT2D eigenvalue weighted by Gasteiger charge is 2.15. The van der Waals surface area contributed by atoms with Gasteiger partial charge in [-0.25, -0.2) is 19.9 Å². The van der Waals surface area contributed by atoms with Crippen LogP contribution in [0.3, 0.4) is 0 Å². The van der Waals surface area contributed by atoms with Gasteiger partial charge >= 0.3 is 0 Å². The van der Waals surface area contributed by atoms with E-state index in [0.717, 1.165) is 11.4 Å². The van der Waals surface area contributed by atoms with Crippen molar-refractivity contribution in [3.05, 3.63) is 109 Å². The molecule has 0 saturated carbocycles. The number of rotatable bonds is 0. The Morgan fingerprint density at radius 3 is 1.06 bits per heavy atom. The summed E-state index contributed by atoms with van der Waals surface area (Å²) in [5, 5.41) is 0. The number of pyridine rings is 2. The molecule has 4 aromatic rings. The van der Waals surface area contributed by atoms with Crippen LogP contribution in [0.5, 0.6) is 0 Å². The van der Waals surface area contributed by atoms with Crippen LogP contribution in [0.4, 0.5) is 0 Å². The fraction of sp³-hybridized carbons (Fsp3) is 0.571. The van der Waals surface area contributed by atoms with Gasteiger partial charge in [-0.2, -0.15) is 0 Å². The first kappa shape index (κ1) is 51.3. The van der Waals surface area contributed by atoms with Crippen LogP contribution in [0.15, 0.2) is 86.2 Å². The van der Waals surface area contributed by atoms with E-state index in [4.69, 9.17) is 0 Å². The van der Waals surface area contributed by atoms with E-state index in [2.05, 4.69) is 125 Å². The van der Waals surface area contributed by atoms with E-state index in [1.54, 1.807) is 25.0 Å². The minimum Gasteiger partial charge on any atom is -0.264 e. The summed E-state index contributed by atoms with van der Waals surface area (Å²) in [4.78, 5) is 24.2. The fourth-order valence-electron chi connectivity index (χ4n) is 3.03. The molecule has 0 fully saturated rings. The molecule has 4 heterocycles. The lowest BCUT2D eigenvalue weighted by atomic mass is 9.88. The largest absolute Gasteiger partial charge is 0.264 e. The van der Waals surface area contributed by atoms with Crippen LogP contribution in [0, 0.1) is 0 Å². The third kappa shape index (κ3) is 26.5. The Balaban J connectivity index is -0.000000251. The summed E-state index contributed by atoms with van der Waals surface area (Å²) in [6.45, 7) is 41.9. The molecule has 0 saturated heterocycles. The third-order valence-electron chi connectivity index (χ3n) is 5.74. The van der Waals surface area contributed by atoms with Gasteiger partial charge in [0.15, 0.2) is 0 Å². The van der Waals surface area contributed by atoms with E-state index in [9.17, 15) is 0 Å². The van der Waals surface area contributed by atoms with Crippen molar-refractivity contribution in [2.75, 3.05) is 0 Å². The van der Waals surface area contributed by atoms with E-state index < -0.39 is 0 Å². The van der Waals surface area contributed by atoms with Crippen molar-refractivity contribution in [3.8, 4) is 0 Å². The minimum atomic E-state index is 0.142. The van der Waals surface area contributed by atoms with Crippen molar-refractivity contribution in [3.63, 3.8) is 0 Å². The smallest absolute Gasteiger partial charge is 0.115 e. The molecule has 0 atom stereocenters. The summed E-state index contributed by atoms with van der Waals surface area (Å²) in [6.07, 6.45) is 14.2. The molecule has 0 N–H and O–H groups in total. The molecule has 4 rings (SSSR count). The molecule has 0 unspecified atom stereocenters. The quantitative estimate of drug-likeness (QED) is 0.186. The van der Waals surface area contributed by atoms with Gasteiger partial charge in [0.25, 0.3) is 0 Å². The molecule has 0 aromatic carbocycles. The first-order chi connectivity index (χ1) is 22.4. The molecule has 0 aliphatic rings. The fourth-order valence-corrected chi connectivity index (χ4v) is 3.03. The van der Waals surface area contributed by atoms with Gasteiger partial charge in [-0.05, 0) is 46.2 Å². The summed E-state index contributed by atoms with van der Waals surface area (Å²) in [7, 11) is 0. The second kappa shape index (κ2) is 28.5. The van der Waals surface area contributed by atoms with E-state index in [-0.39, 0.29) is 21.7 Å². The van der Waals surface area contributed by atoms with Gasteiger partial charge in [-0.1, -0.05) is 151 Å². The van der Waals surface area contributed by atoms with Crippen molar-refractivity contribution in [1.82, 2.24) is 29.9 Å². The lowest BCUT2D eigenvalue weighted by Crippen LogP contribution is -2.12. The molecule has 0 aliphatic heterocycles. The summed E-state index contributed by atoms with van der Waals surface area (Å²) in [5.74, 6) is 0. The summed E-state index contributed by atoms with van der Waals surface area (Å²) in [5.41, 5.74) is 5.42. The van der Waals surface area contributed by atoms with Crippen LogP contribution in [0.1, 0.15) is 161 Å². The van der Waals surface area contributed by atoms with Crippen LogP contribution < -0.4 is 0 Å². The van der Waals surface area contributed by atoms with E-state index in [1.807, 2.05) is 104 Å². The summed E-state index contributed by atoms with van der Waals surface area (Å²) in [6, 6.07) is 12.0. The number of aromatic nitrogens is 6. The topological polar surface area (TPSA) is 77.3 Å². The number of hydrogen-bond acceptors (Lipinski definition) is 6. The molecule has 0 aliphatic carbocycles. The van der Waals surface area contributed by atoms with Crippen LogP contribution in [-0.2, 0) is 21.7 Å². The molecule has 6 nitrogen and oxygen atoms in total. The highest BCUT2D eigenvalue weighted by Crippen LogP contribution is 2.21. The third-order valence-corrected chi connectivity index (χ3v) is 5.74. The minimum absolute atomic E-state index is 0.142. The second-order valence-corrected chi connectivity index (χ2v) is 13.7. The highest BCUT2D eigenvalue weighted by molar-refractivity contribution is 5.17. The first-order valence-electron chi connectivity index (χ1n) is 17.8. The van der Waals surface area contributed by atoms with Crippen molar-refractivity contribution in [1.29, 1.82) is 0 Å². The van der Waals surface area contributed by atoms with Crippen LogP contribution in [0.2, 0.25) is 0 Å². The van der Waals surface area contributed by atoms with Gasteiger partial charge in [0.1, 0.15) is 12.7 Å². The SMILES string of the molecule is CC.CC.CC.CC.CC(C)(C)c1ccccn1.CC(C)(C)c1cccnc1.CC(C)(C)c1ccncn1.CC(C)(C)c1cncnc1. The van der Waals surface area contributed by atoms with Crippen molar-refractivity contribution in [2.45, 2.75) is 160 Å². The standard InChI is InChI=1S/2C9H13N.2C8H12N2.4C2H6/c1-9(2,3)8-5-4-6-10-7-8;1-9(2,3)8-6-4-5-7-10-8;1-8(2,3)7-4-9-6-10-5-7;1-8(2,3)7-4-5-9-6-10-7;4*1-2/h2*4-7H,1-3H3;2*4-6H,1-3H3;4*1-2H3. The van der Waals surface area contributed by atoms with Gasteiger partial charge in [-0.3, -0.25) is 9.97 Å². The predicted octanol–water partition coefficient (Wildman–Crippen LogP) is 12.4. The van der Waals surface area contributed by atoms with E-state index >= 15 is 0 Å². The Bertz CT molecular complexity index is 988. The van der Waals surface area contributed by atoms with Crippen molar-refractivity contribution in [2.24, 2.45) is 0 Å². The van der Waals surface area contributed by atoms with E-state index in [1.165, 1.54) is 11.1 Å². The average Bonchev–Trinajstić information content (AvgIpc) is 3.09. The van der Waals surface area contributed by atoms with E-state index in [0.29, 0.717) is 0 Å². The zero-order valence-electron chi connectivity index (χ0n) is 34.8. The summed E-state index contributed by atoms with van der Waals surface area (Å²) < 4.78 is 0. The lowest BCUT2D eigenvalue weighted by Gasteiger charge is -2.17. The molecule has 48 heavy (non-hydrogen) atoms. The van der Waals surface area contributed by atoms with Gasteiger partial charge in [-0.15, -0.1) is 0 Å². The molecule has 0 spiro atoms. The molecular formula is C42H74N6. The Kier molecular flexibility index (Phi) is 30.4. The molecule has 4 aromatic heterocycles. The first-order valence-corrected chi connectivity index (χ1v) is 17.8. The Labute approximate surface area is 298 Å². The molecular weight excluding hydrogens is 589 g/mol. The summed E-state index contributed by atoms with van der Waals surface area (Å²) >= 11 is 0. The Morgan fingerprint density at radius 1 is 0.354 bits per heavy atom. The maximum Gasteiger partial charge on any atom is 0.115 e. The van der Waals surface area contributed by atoms with Crippen molar-refractivity contribution < 1.29 is 0 Å². The second-order valence-electron chi connectivity index (χ2n) is 13.7. The van der Waals surface area contributed by atoms with Gasteiger partial charge in [0.05, 0.1) is 0 Å². The molecule has 0 amide bonds. The normalized spacial score (nSPS) is 10.1. The van der Waals surface area contributed by atoms with Crippen molar-refractivity contribution >= 4 is 0 Å². The molecule has 272 valence electrons. The maximum atomic E-state index is 4.25. The average molecular weight is 663 g/mol. The molecule has 6 heteroatoms. The zero-order chi connectivity index (χ0) is 38.5. The van der Waals surface area contributed by atoms with Gasteiger partial charge in [0, 0.05) is 59.4 Å². The van der Waals surface area contributed by atoms with Crippen LogP contribution in [0.25, 0.3) is 0 Å². The molecule has 0 bridgehead atoms. The van der Waals surface area contributed by atoms with Gasteiger partial charge < -0.3 is 0 Å². The van der Waals surface area contributed by atoms with Gasteiger partial charge in [0.2, 0.25) is 0 Å². The highest BCUT2D eigenvalue weighted by atomic mass is 14.8. The van der Waals surface area contributed by atoms with Crippen LogP contribution in [-0.4, -0.2) is 29.9 Å². The van der Waals surface area contributed by atoms with Crippen LogP contribution >= 0.6 is 0 Å². The molecule has 0 radical (unpaired) electrons. The zero-order valence-corrected chi connectivity index (χ0v) is 34.8. The Morgan fingerprint density at radius 2 is 0.812 bits per heavy atom. The maximum absolute atomic E-state index is 4.25. The monoisotopic (exact) mass is 663 g/mol. The number of hydrogen-bond donors (Lipinski definition) is 0. The predicted molar refractivity (Wildman–Crippen MR) is 213 cm³/mol.